The van der Waals surface area contributed by atoms with Gasteiger partial charge in [0.25, 0.3) is 0 Å². The highest BCUT2D eigenvalue weighted by atomic mass is 79.9. The number of benzene rings is 1. The van der Waals surface area contributed by atoms with Gasteiger partial charge in [-0.05, 0) is 40.0 Å². The average Bonchev–Trinajstić information content (AvgIpc) is 2.82. The van der Waals surface area contributed by atoms with Gasteiger partial charge >= 0.3 is 0 Å². The van der Waals surface area contributed by atoms with Crippen molar-refractivity contribution in [2.45, 2.75) is 19.8 Å². The molecule has 1 aromatic heterocycles. The largest absolute Gasteiger partial charge is 0.339 e. The maximum Gasteiger partial charge on any atom is 0.231 e. The lowest BCUT2D eigenvalue weighted by molar-refractivity contribution is 0.324. The summed E-state index contributed by atoms with van der Waals surface area (Å²) in [6.45, 7) is 4.66. The molecule has 0 bridgehead atoms. The smallest absolute Gasteiger partial charge is 0.231 e. The van der Waals surface area contributed by atoms with Crippen LogP contribution in [0.3, 0.4) is 0 Å². The second-order valence-electron chi connectivity index (χ2n) is 4.67. The molecule has 2 rings (SSSR count). The lowest BCUT2D eigenvalue weighted by Gasteiger charge is -2.13. The normalized spacial score (nSPS) is 12.9. The van der Waals surface area contributed by atoms with Gasteiger partial charge < -0.3 is 10.3 Å². The van der Waals surface area contributed by atoms with Gasteiger partial charge in [0.2, 0.25) is 11.7 Å². The average molecular weight is 345 g/mol. The summed E-state index contributed by atoms with van der Waals surface area (Å²) in [5.74, 6) is 1.57. The highest BCUT2D eigenvalue weighted by Gasteiger charge is 2.21. The van der Waals surface area contributed by atoms with E-state index in [4.69, 9.17) is 21.9 Å². The van der Waals surface area contributed by atoms with Crippen LogP contribution in [-0.4, -0.2) is 16.7 Å². The summed E-state index contributed by atoms with van der Waals surface area (Å²) in [7, 11) is 0. The summed E-state index contributed by atoms with van der Waals surface area (Å²) in [6, 6.07) is 5.51. The van der Waals surface area contributed by atoms with Gasteiger partial charge in [0.15, 0.2) is 0 Å². The first-order chi connectivity index (χ1) is 9.02. The zero-order valence-electron chi connectivity index (χ0n) is 10.7. The maximum atomic E-state index is 5.96. The molecule has 2 N–H and O–H groups in total. The molecular formula is C13H15BrClN3O. The van der Waals surface area contributed by atoms with Crippen molar-refractivity contribution in [1.82, 2.24) is 10.1 Å². The van der Waals surface area contributed by atoms with Crippen molar-refractivity contribution in [2.24, 2.45) is 11.7 Å². The molecule has 102 valence electrons. The quantitative estimate of drug-likeness (QED) is 0.915. The van der Waals surface area contributed by atoms with E-state index in [1.807, 2.05) is 12.1 Å². The Kier molecular flexibility index (Phi) is 4.60. The van der Waals surface area contributed by atoms with Gasteiger partial charge in [-0.25, -0.2) is 0 Å². The molecule has 1 heterocycles. The molecule has 0 saturated heterocycles. The fraction of sp³-hybridized carbons (Fsp3) is 0.385. The molecule has 0 aliphatic heterocycles. The zero-order chi connectivity index (χ0) is 14.0. The lowest BCUT2D eigenvalue weighted by atomic mass is 9.96. The number of nitrogens with zero attached hydrogens (tertiary/aromatic N) is 2. The van der Waals surface area contributed by atoms with Gasteiger partial charge in [0.05, 0.1) is 10.9 Å². The standard InChI is InChI=1S/C13H15BrClN3O/c1-7(2)9(6-16)13-17-12(18-19-13)8-3-4-11(15)10(14)5-8/h3-5,7,9H,6,16H2,1-2H3. The molecule has 0 aliphatic rings. The molecule has 0 radical (unpaired) electrons. The third-order valence-electron chi connectivity index (χ3n) is 3.00. The minimum Gasteiger partial charge on any atom is -0.339 e. The first-order valence-electron chi connectivity index (χ1n) is 6.02. The summed E-state index contributed by atoms with van der Waals surface area (Å²) in [5.41, 5.74) is 6.60. The molecule has 1 unspecified atom stereocenters. The second-order valence-corrected chi connectivity index (χ2v) is 5.93. The van der Waals surface area contributed by atoms with Gasteiger partial charge in [-0.1, -0.05) is 30.6 Å². The third kappa shape index (κ3) is 3.16. The minimum atomic E-state index is 0.0805. The van der Waals surface area contributed by atoms with Crippen LogP contribution in [0.15, 0.2) is 27.2 Å². The number of halogens is 2. The molecule has 0 spiro atoms. The summed E-state index contributed by atoms with van der Waals surface area (Å²) >= 11 is 9.34. The van der Waals surface area contributed by atoms with Gasteiger partial charge in [0.1, 0.15) is 0 Å². The molecule has 1 aromatic carbocycles. The van der Waals surface area contributed by atoms with Crippen molar-refractivity contribution in [3.63, 3.8) is 0 Å². The molecule has 2 aromatic rings. The second kappa shape index (κ2) is 6.03. The Morgan fingerprint density at radius 2 is 2.16 bits per heavy atom. The van der Waals surface area contributed by atoms with Crippen LogP contribution in [0.25, 0.3) is 11.4 Å². The van der Waals surface area contributed by atoms with E-state index >= 15 is 0 Å². The molecule has 0 aliphatic carbocycles. The number of nitrogens with two attached hydrogens (primary N) is 1. The monoisotopic (exact) mass is 343 g/mol. The van der Waals surface area contributed by atoms with E-state index in [-0.39, 0.29) is 5.92 Å². The third-order valence-corrected chi connectivity index (χ3v) is 4.21. The molecule has 0 saturated carbocycles. The minimum absolute atomic E-state index is 0.0805. The Hall–Kier alpha value is -0.910. The molecule has 0 fully saturated rings. The molecule has 0 amide bonds. The Bertz CT molecular complexity index is 571. The maximum absolute atomic E-state index is 5.96. The van der Waals surface area contributed by atoms with Crippen molar-refractivity contribution >= 4 is 27.5 Å². The Morgan fingerprint density at radius 1 is 1.42 bits per heavy atom. The molecule has 6 heteroatoms. The lowest BCUT2D eigenvalue weighted by Crippen LogP contribution is -2.18. The molecule has 4 nitrogen and oxygen atoms in total. The van der Waals surface area contributed by atoms with Crippen LogP contribution in [-0.2, 0) is 0 Å². The van der Waals surface area contributed by atoms with E-state index in [0.717, 1.165) is 10.0 Å². The van der Waals surface area contributed by atoms with Crippen LogP contribution in [0.2, 0.25) is 5.02 Å². The SMILES string of the molecule is CC(C)C(CN)c1nc(-c2ccc(Cl)c(Br)c2)no1. The van der Waals surface area contributed by atoms with Crippen LogP contribution in [0, 0.1) is 5.92 Å². The van der Waals surface area contributed by atoms with E-state index in [9.17, 15) is 0 Å². The molecular weight excluding hydrogens is 330 g/mol. The van der Waals surface area contributed by atoms with Gasteiger partial charge in [-0.3, -0.25) is 0 Å². The van der Waals surface area contributed by atoms with Crippen molar-refractivity contribution in [2.75, 3.05) is 6.54 Å². The topological polar surface area (TPSA) is 64.9 Å². The van der Waals surface area contributed by atoms with Gasteiger partial charge in [-0.15, -0.1) is 0 Å². The van der Waals surface area contributed by atoms with E-state index in [2.05, 4.69) is 39.9 Å². The van der Waals surface area contributed by atoms with Crippen LogP contribution in [0.4, 0.5) is 0 Å². The van der Waals surface area contributed by atoms with Crippen molar-refractivity contribution in [3.05, 3.63) is 33.6 Å². The molecule has 1 atom stereocenters. The summed E-state index contributed by atoms with van der Waals surface area (Å²) < 4.78 is 6.12. The first kappa shape index (κ1) is 14.5. The summed E-state index contributed by atoms with van der Waals surface area (Å²) in [6.07, 6.45) is 0. The van der Waals surface area contributed by atoms with Crippen LogP contribution < -0.4 is 5.73 Å². The number of aromatic nitrogens is 2. The van der Waals surface area contributed by atoms with Crippen molar-refractivity contribution < 1.29 is 4.52 Å². The van der Waals surface area contributed by atoms with Crippen LogP contribution in [0.1, 0.15) is 25.7 Å². The van der Waals surface area contributed by atoms with Gasteiger partial charge in [-0.2, -0.15) is 4.98 Å². The van der Waals surface area contributed by atoms with Crippen molar-refractivity contribution in [1.29, 1.82) is 0 Å². The summed E-state index contributed by atoms with van der Waals surface area (Å²) in [4.78, 5) is 4.42. The Balaban J connectivity index is 2.32. The predicted molar refractivity (Wildman–Crippen MR) is 79.1 cm³/mol. The number of rotatable bonds is 4. The summed E-state index contributed by atoms with van der Waals surface area (Å²) in [5, 5.41) is 4.65. The number of hydrogen-bond acceptors (Lipinski definition) is 4. The fourth-order valence-corrected chi connectivity index (χ4v) is 2.29. The van der Waals surface area contributed by atoms with Crippen molar-refractivity contribution in [3.8, 4) is 11.4 Å². The Morgan fingerprint density at radius 3 is 2.74 bits per heavy atom. The van der Waals surface area contributed by atoms with Crippen LogP contribution >= 0.6 is 27.5 Å². The van der Waals surface area contributed by atoms with Gasteiger partial charge in [0, 0.05) is 16.6 Å². The van der Waals surface area contributed by atoms with E-state index in [1.54, 1.807) is 6.07 Å². The fourth-order valence-electron chi connectivity index (χ4n) is 1.80. The first-order valence-corrected chi connectivity index (χ1v) is 7.19. The highest BCUT2D eigenvalue weighted by Crippen LogP contribution is 2.29. The van der Waals surface area contributed by atoms with Crippen LogP contribution in [0.5, 0.6) is 0 Å². The predicted octanol–water partition coefficient (Wildman–Crippen LogP) is 3.85. The number of hydrogen-bond donors (Lipinski definition) is 1. The van der Waals surface area contributed by atoms with E-state index < -0.39 is 0 Å². The van der Waals surface area contributed by atoms with E-state index in [1.165, 1.54) is 0 Å². The van der Waals surface area contributed by atoms with E-state index in [0.29, 0.717) is 29.2 Å². The zero-order valence-corrected chi connectivity index (χ0v) is 13.1. The Labute approximate surface area is 125 Å². The highest BCUT2D eigenvalue weighted by molar-refractivity contribution is 9.10. The molecule has 19 heavy (non-hydrogen) atoms.